The second kappa shape index (κ2) is 6.70. The lowest BCUT2D eigenvalue weighted by Crippen LogP contribution is -2.53. The fourth-order valence-corrected chi connectivity index (χ4v) is 4.09. The quantitative estimate of drug-likeness (QED) is 0.747. The normalized spacial score (nSPS) is 25.7. The molecule has 0 bridgehead atoms. The summed E-state index contributed by atoms with van der Waals surface area (Å²) in [5.74, 6) is 0. The van der Waals surface area contributed by atoms with Gasteiger partial charge in [0, 0.05) is 52.5 Å². The van der Waals surface area contributed by atoms with Crippen molar-refractivity contribution in [3.05, 3.63) is 0 Å². The first-order chi connectivity index (χ1) is 9.45. The number of hydrogen-bond donors (Lipinski definition) is 1. The number of ether oxygens (including phenoxy) is 1. The van der Waals surface area contributed by atoms with Crippen LogP contribution in [0, 0.1) is 5.41 Å². The first-order valence-electron chi connectivity index (χ1n) is 7.35. The fourth-order valence-electron chi connectivity index (χ4n) is 3.26. The maximum atomic E-state index is 11.5. The van der Waals surface area contributed by atoms with Crippen molar-refractivity contribution in [1.82, 2.24) is 14.5 Å². The molecule has 0 aromatic carbocycles. The third-order valence-corrected chi connectivity index (χ3v) is 5.77. The number of piperazine rings is 1. The van der Waals surface area contributed by atoms with Crippen molar-refractivity contribution in [2.75, 3.05) is 65.8 Å². The van der Waals surface area contributed by atoms with E-state index in [-0.39, 0.29) is 5.41 Å². The molecule has 6 nitrogen and oxygen atoms in total. The van der Waals surface area contributed by atoms with Crippen LogP contribution in [0.25, 0.3) is 0 Å². The van der Waals surface area contributed by atoms with Crippen LogP contribution >= 0.6 is 0 Å². The predicted octanol–water partition coefficient (Wildman–Crippen LogP) is -0.420. The number of rotatable bonds is 5. The minimum absolute atomic E-state index is 0.278. The van der Waals surface area contributed by atoms with Crippen molar-refractivity contribution in [1.29, 1.82) is 0 Å². The molecular weight excluding hydrogens is 278 g/mol. The molecule has 0 aromatic rings. The Morgan fingerprint density at radius 1 is 1.15 bits per heavy atom. The maximum absolute atomic E-state index is 11.5. The van der Waals surface area contributed by atoms with Gasteiger partial charge in [-0.15, -0.1) is 0 Å². The summed E-state index contributed by atoms with van der Waals surface area (Å²) in [6.07, 6.45) is 3.46. The molecule has 0 aliphatic carbocycles. The summed E-state index contributed by atoms with van der Waals surface area (Å²) in [6.45, 7) is 6.61. The Kier molecular flexibility index (Phi) is 5.42. The topological polar surface area (TPSA) is 61.9 Å². The standard InChI is InChI=1S/C13H27N3O3S/c1-14-11-13(3-9-19-10-4-13)12-15-5-7-16(8-6-15)20(2,17)18/h14H,3-12H2,1-2H3. The molecule has 0 unspecified atom stereocenters. The second-order valence-electron chi connectivity index (χ2n) is 6.08. The van der Waals surface area contributed by atoms with E-state index in [1.165, 1.54) is 6.26 Å². The van der Waals surface area contributed by atoms with Gasteiger partial charge in [0.05, 0.1) is 6.26 Å². The van der Waals surface area contributed by atoms with Crippen LogP contribution in [0.5, 0.6) is 0 Å². The van der Waals surface area contributed by atoms with Crippen LogP contribution in [0.15, 0.2) is 0 Å². The van der Waals surface area contributed by atoms with Gasteiger partial charge in [0.15, 0.2) is 0 Å². The molecule has 2 aliphatic rings. The van der Waals surface area contributed by atoms with Crippen LogP contribution in [0.2, 0.25) is 0 Å². The van der Waals surface area contributed by atoms with E-state index in [9.17, 15) is 8.42 Å². The van der Waals surface area contributed by atoms with Gasteiger partial charge in [-0.2, -0.15) is 4.31 Å². The Balaban J connectivity index is 1.89. The zero-order valence-corrected chi connectivity index (χ0v) is 13.4. The van der Waals surface area contributed by atoms with Gasteiger partial charge in [-0.25, -0.2) is 8.42 Å². The molecular formula is C13H27N3O3S. The highest BCUT2D eigenvalue weighted by Crippen LogP contribution is 2.31. The van der Waals surface area contributed by atoms with Gasteiger partial charge in [0.1, 0.15) is 0 Å². The monoisotopic (exact) mass is 305 g/mol. The average Bonchev–Trinajstić information content (AvgIpc) is 2.39. The number of hydrogen-bond acceptors (Lipinski definition) is 5. The first-order valence-corrected chi connectivity index (χ1v) is 9.20. The minimum Gasteiger partial charge on any atom is -0.381 e. The van der Waals surface area contributed by atoms with E-state index in [1.54, 1.807) is 4.31 Å². The van der Waals surface area contributed by atoms with Gasteiger partial charge in [0.2, 0.25) is 10.0 Å². The molecule has 0 radical (unpaired) electrons. The Morgan fingerprint density at radius 2 is 1.75 bits per heavy atom. The lowest BCUT2D eigenvalue weighted by Gasteiger charge is -2.43. The first kappa shape index (κ1) is 16.2. The van der Waals surface area contributed by atoms with E-state index >= 15 is 0 Å². The van der Waals surface area contributed by atoms with E-state index in [1.807, 2.05) is 7.05 Å². The van der Waals surface area contributed by atoms with Gasteiger partial charge in [-0.05, 0) is 25.3 Å². The Bertz CT molecular complexity index is 394. The van der Waals surface area contributed by atoms with E-state index in [4.69, 9.17) is 4.74 Å². The van der Waals surface area contributed by atoms with Crippen LogP contribution in [-0.4, -0.2) is 83.4 Å². The zero-order chi connectivity index (χ0) is 14.6. The van der Waals surface area contributed by atoms with Crippen molar-refractivity contribution in [2.45, 2.75) is 12.8 Å². The Labute approximate surface area is 122 Å². The fraction of sp³-hybridized carbons (Fsp3) is 1.00. The van der Waals surface area contributed by atoms with E-state index < -0.39 is 10.0 Å². The molecule has 2 fully saturated rings. The highest BCUT2D eigenvalue weighted by molar-refractivity contribution is 7.88. The Hall–Kier alpha value is -0.210. The molecule has 7 heteroatoms. The SMILES string of the molecule is CNCC1(CN2CCN(S(C)(=O)=O)CC2)CCOCC1. The van der Waals surface area contributed by atoms with E-state index in [2.05, 4.69) is 10.2 Å². The van der Waals surface area contributed by atoms with Crippen LogP contribution < -0.4 is 5.32 Å². The second-order valence-corrected chi connectivity index (χ2v) is 8.06. The molecule has 2 heterocycles. The Morgan fingerprint density at radius 3 is 2.25 bits per heavy atom. The summed E-state index contributed by atoms with van der Waals surface area (Å²) in [4.78, 5) is 2.41. The molecule has 0 amide bonds. The predicted molar refractivity (Wildman–Crippen MR) is 79.3 cm³/mol. The third kappa shape index (κ3) is 4.14. The van der Waals surface area contributed by atoms with Crippen LogP contribution in [0.4, 0.5) is 0 Å². The molecule has 0 saturated carbocycles. The molecule has 1 N–H and O–H groups in total. The summed E-state index contributed by atoms with van der Waals surface area (Å²) < 4.78 is 30.1. The lowest BCUT2D eigenvalue weighted by atomic mass is 9.79. The minimum atomic E-state index is -3.03. The zero-order valence-electron chi connectivity index (χ0n) is 12.6. The van der Waals surface area contributed by atoms with Crippen LogP contribution in [-0.2, 0) is 14.8 Å². The number of sulfonamides is 1. The highest BCUT2D eigenvalue weighted by atomic mass is 32.2. The summed E-state index contributed by atoms with van der Waals surface area (Å²) in [6, 6.07) is 0. The smallest absolute Gasteiger partial charge is 0.211 e. The average molecular weight is 305 g/mol. The van der Waals surface area contributed by atoms with E-state index in [0.29, 0.717) is 13.1 Å². The molecule has 0 spiro atoms. The summed E-state index contributed by atoms with van der Waals surface area (Å²) in [5.41, 5.74) is 0.278. The van der Waals surface area contributed by atoms with E-state index in [0.717, 1.165) is 52.2 Å². The van der Waals surface area contributed by atoms with Crippen molar-refractivity contribution in [3.8, 4) is 0 Å². The maximum Gasteiger partial charge on any atom is 0.211 e. The lowest BCUT2D eigenvalue weighted by molar-refractivity contribution is -0.00783. The number of nitrogens with zero attached hydrogens (tertiary/aromatic N) is 2. The molecule has 118 valence electrons. The molecule has 2 saturated heterocycles. The van der Waals surface area contributed by atoms with Crippen LogP contribution in [0.1, 0.15) is 12.8 Å². The van der Waals surface area contributed by atoms with Gasteiger partial charge in [-0.1, -0.05) is 0 Å². The molecule has 2 rings (SSSR count). The largest absolute Gasteiger partial charge is 0.381 e. The van der Waals surface area contributed by atoms with Crippen molar-refractivity contribution in [3.63, 3.8) is 0 Å². The third-order valence-electron chi connectivity index (χ3n) is 4.46. The molecule has 0 aromatic heterocycles. The van der Waals surface area contributed by atoms with Crippen LogP contribution in [0.3, 0.4) is 0 Å². The molecule has 20 heavy (non-hydrogen) atoms. The summed E-state index contributed by atoms with van der Waals surface area (Å²) in [5, 5.41) is 3.31. The van der Waals surface area contributed by atoms with Gasteiger partial charge < -0.3 is 15.0 Å². The van der Waals surface area contributed by atoms with Crippen molar-refractivity contribution in [2.24, 2.45) is 5.41 Å². The summed E-state index contributed by atoms with van der Waals surface area (Å²) in [7, 11) is -1.03. The van der Waals surface area contributed by atoms with Crippen molar-refractivity contribution >= 4 is 10.0 Å². The molecule has 0 atom stereocenters. The van der Waals surface area contributed by atoms with Gasteiger partial charge >= 0.3 is 0 Å². The van der Waals surface area contributed by atoms with Crippen molar-refractivity contribution < 1.29 is 13.2 Å². The van der Waals surface area contributed by atoms with Gasteiger partial charge in [0.25, 0.3) is 0 Å². The molecule has 2 aliphatic heterocycles. The highest BCUT2D eigenvalue weighted by Gasteiger charge is 2.35. The van der Waals surface area contributed by atoms with Gasteiger partial charge in [-0.3, -0.25) is 0 Å². The summed E-state index contributed by atoms with van der Waals surface area (Å²) >= 11 is 0. The number of nitrogens with one attached hydrogen (secondary N) is 1.